The highest BCUT2D eigenvalue weighted by Crippen LogP contribution is 2.25. The lowest BCUT2D eigenvalue weighted by molar-refractivity contribution is 0.102. The van der Waals surface area contributed by atoms with Gasteiger partial charge in [-0.2, -0.15) is 5.10 Å². The van der Waals surface area contributed by atoms with E-state index in [4.69, 9.17) is 0 Å². The Balaban J connectivity index is 2.54. The van der Waals surface area contributed by atoms with Crippen LogP contribution in [0.2, 0.25) is 0 Å². The third kappa shape index (κ3) is 2.70. The molecule has 0 spiro atoms. The van der Waals surface area contributed by atoms with E-state index in [1.54, 1.807) is 10.9 Å². The standard InChI is InChI=1S/C12H9Br2IN2O/c1-2-17-11(10(14)6-16-17)12(18)8-5-7(15)3-4-9(8)13/h3-6H,2H2,1H3. The van der Waals surface area contributed by atoms with Gasteiger partial charge in [0.25, 0.3) is 0 Å². The Kier molecular flexibility index (Phi) is 4.60. The first-order valence-corrected chi connectivity index (χ1v) is 7.92. The number of aryl methyl sites for hydroxylation is 1. The topological polar surface area (TPSA) is 34.9 Å². The van der Waals surface area contributed by atoms with Gasteiger partial charge in [0.15, 0.2) is 0 Å². The molecular weight excluding hydrogens is 475 g/mol. The normalized spacial score (nSPS) is 10.7. The van der Waals surface area contributed by atoms with Crippen LogP contribution in [0, 0.1) is 3.57 Å². The van der Waals surface area contributed by atoms with Crippen LogP contribution in [0.4, 0.5) is 0 Å². The first-order valence-electron chi connectivity index (χ1n) is 5.25. The van der Waals surface area contributed by atoms with Crippen molar-refractivity contribution in [3.63, 3.8) is 0 Å². The molecule has 0 amide bonds. The molecule has 0 atom stereocenters. The van der Waals surface area contributed by atoms with Gasteiger partial charge >= 0.3 is 0 Å². The number of carbonyl (C=O) groups excluding carboxylic acids is 1. The molecule has 0 bridgehead atoms. The highest BCUT2D eigenvalue weighted by molar-refractivity contribution is 14.1. The molecule has 0 aliphatic rings. The zero-order valence-corrected chi connectivity index (χ0v) is 14.8. The molecule has 0 N–H and O–H groups in total. The van der Waals surface area contributed by atoms with Crippen LogP contribution in [-0.2, 0) is 6.54 Å². The molecule has 0 aliphatic carbocycles. The van der Waals surface area contributed by atoms with Gasteiger partial charge in [0.1, 0.15) is 5.69 Å². The van der Waals surface area contributed by atoms with Crippen molar-refractivity contribution in [3.05, 3.63) is 48.2 Å². The molecule has 94 valence electrons. The van der Waals surface area contributed by atoms with Crippen LogP contribution in [0.5, 0.6) is 0 Å². The van der Waals surface area contributed by atoms with Crippen LogP contribution < -0.4 is 0 Å². The lowest BCUT2D eigenvalue weighted by atomic mass is 10.1. The van der Waals surface area contributed by atoms with Gasteiger partial charge in [0.05, 0.1) is 10.7 Å². The molecule has 0 saturated carbocycles. The van der Waals surface area contributed by atoms with Crippen LogP contribution >= 0.6 is 54.5 Å². The van der Waals surface area contributed by atoms with Gasteiger partial charge in [-0.15, -0.1) is 0 Å². The van der Waals surface area contributed by atoms with Crippen molar-refractivity contribution >= 4 is 60.2 Å². The van der Waals surface area contributed by atoms with Crippen molar-refractivity contribution in [1.82, 2.24) is 9.78 Å². The predicted octanol–water partition coefficient (Wildman–Crippen LogP) is 4.26. The molecule has 0 saturated heterocycles. The van der Waals surface area contributed by atoms with E-state index in [0.29, 0.717) is 17.8 Å². The number of carbonyl (C=O) groups is 1. The van der Waals surface area contributed by atoms with Gasteiger partial charge in [-0.3, -0.25) is 9.48 Å². The molecule has 1 aromatic carbocycles. The van der Waals surface area contributed by atoms with E-state index in [-0.39, 0.29) is 5.78 Å². The van der Waals surface area contributed by atoms with E-state index in [1.165, 1.54) is 0 Å². The second kappa shape index (κ2) is 5.83. The number of aromatic nitrogens is 2. The smallest absolute Gasteiger partial charge is 0.213 e. The lowest BCUT2D eigenvalue weighted by Crippen LogP contribution is -2.12. The van der Waals surface area contributed by atoms with E-state index in [2.05, 4.69) is 59.5 Å². The van der Waals surface area contributed by atoms with Gasteiger partial charge < -0.3 is 0 Å². The van der Waals surface area contributed by atoms with Crippen LogP contribution in [-0.4, -0.2) is 15.6 Å². The van der Waals surface area contributed by atoms with Gasteiger partial charge in [0.2, 0.25) is 5.78 Å². The Bertz CT molecular complexity index is 610. The van der Waals surface area contributed by atoms with Gasteiger partial charge in [-0.05, 0) is 63.6 Å². The Labute approximate surface area is 135 Å². The Hall–Kier alpha value is -0.210. The first kappa shape index (κ1) is 14.2. The van der Waals surface area contributed by atoms with Crippen molar-refractivity contribution < 1.29 is 4.79 Å². The van der Waals surface area contributed by atoms with Crippen molar-refractivity contribution in [2.45, 2.75) is 13.5 Å². The quantitative estimate of drug-likeness (QED) is 0.483. The predicted molar refractivity (Wildman–Crippen MR) is 85.9 cm³/mol. The number of rotatable bonds is 3. The summed E-state index contributed by atoms with van der Waals surface area (Å²) in [4.78, 5) is 12.6. The molecule has 1 aromatic heterocycles. The number of hydrogen-bond donors (Lipinski definition) is 0. The molecule has 18 heavy (non-hydrogen) atoms. The molecule has 6 heteroatoms. The molecule has 0 radical (unpaired) electrons. The number of hydrogen-bond acceptors (Lipinski definition) is 2. The second-order valence-corrected chi connectivity index (χ2v) is 6.56. The summed E-state index contributed by atoms with van der Waals surface area (Å²) < 4.78 is 4.24. The molecular formula is C12H9Br2IN2O. The Morgan fingerprint density at radius 3 is 2.78 bits per heavy atom. The summed E-state index contributed by atoms with van der Waals surface area (Å²) >= 11 is 8.99. The fourth-order valence-corrected chi connectivity index (χ4v) is 3.02. The molecule has 0 fully saturated rings. The van der Waals surface area contributed by atoms with E-state index < -0.39 is 0 Å². The highest BCUT2D eigenvalue weighted by Gasteiger charge is 2.20. The number of benzene rings is 1. The number of halogens is 3. The average Bonchev–Trinajstić information content (AvgIpc) is 2.72. The third-order valence-corrected chi connectivity index (χ3v) is 4.43. The van der Waals surface area contributed by atoms with Gasteiger partial charge in [-0.25, -0.2) is 0 Å². The van der Waals surface area contributed by atoms with Crippen LogP contribution in [0.3, 0.4) is 0 Å². The summed E-state index contributed by atoms with van der Waals surface area (Å²) in [7, 11) is 0. The minimum atomic E-state index is -0.0355. The summed E-state index contributed by atoms with van der Waals surface area (Å²) in [5.41, 5.74) is 1.23. The Morgan fingerprint density at radius 1 is 1.39 bits per heavy atom. The summed E-state index contributed by atoms with van der Waals surface area (Å²) in [5.74, 6) is -0.0355. The molecule has 2 aromatic rings. The van der Waals surface area contributed by atoms with Gasteiger partial charge in [0, 0.05) is 20.2 Å². The largest absolute Gasteiger partial charge is 0.287 e. The summed E-state index contributed by atoms with van der Waals surface area (Å²) in [5, 5.41) is 4.16. The maximum absolute atomic E-state index is 12.6. The monoisotopic (exact) mass is 482 g/mol. The van der Waals surface area contributed by atoms with Crippen LogP contribution in [0.25, 0.3) is 0 Å². The van der Waals surface area contributed by atoms with Crippen molar-refractivity contribution in [2.75, 3.05) is 0 Å². The summed E-state index contributed by atoms with van der Waals surface area (Å²) in [6, 6.07) is 5.70. The molecule has 2 rings (SSSR count). The maximum atomic E-state index is 12.6. The van der Waals surface area contributed by atoms with E-state index in [9.17, 15) is 4.79 Å². The molecule has 0 unspecified atom stereocenters. The fourth-order valence-electron chi connectivity index (χ4n) is 1.63. The van der Waals surface area contributed by atoms with Crippen LogP contribution in [0.1, 0.15) is 23.0 Å². The zero-order valence-electron chi connectivity index (χ0n) is 9.45. The molecule has 3 nitrogen and oxygen atoms in total. The van der Waals surface area contributed by atoms with Crippen LogP contribution in [0.15, 0.2) is 33.3 Å². The molecule has 0 aliphatic heterocycles. The molecule has 1 heterocycles. The van der Waals surface area contributed by atoms with Gasteiger partial charge in [-0.1, -0.05) is 15.9 Å². The van der Waals surface area contributed by atoms with E-state index in [0.717, 1.165) is 12.5 Å². The Morgan fingerprint density at radius 2 is 2.11 bits per heavy atom. The summed E-state index contributed by atoms with van der Waals surface area (Å²) in [6.45, 7) is 2.62. The van der Waals surface area contributed by atoms with E-state index >= 15 is 0 Å². The SMILES string of the molecule is CCn1ncc(Br)c1C(=O)c1cc(I)ccc1Br. The lowest BCUT2D eigenvalue weighted by Gasteiger charge is -2.07. The van der Waals surface area contributed by atoms with Crippen molar-refractivity contribution in [2.24, 2.45) is 0 Å². The highest BCUT2D eigenvalue weighted by atomic mass is 127. The van der Waals surface area contributed by atoms with E-state index in [1.807, 2.05) is 25.1 Å². The second-order valence-electron chi connectivity index (χ2n) is 3.61. The first-order chi connectivity index (χ1) is 8.54. The minimum absolute atomic E-state index is 0.0355. The fraction of sp³-hybridized carbons (Fsp3) is 0.167. The van der Waals surface area contributed by atoms with Crippen molar-refractivity contribution in [1.29, 1.82) is 0 Å². The third-order valence-electron chi connectivity index (χ3n) is 2.48. The number of ketones is 1. The number of nitrogens with zero attached hydrogens (tertiary/aromatic N) is 2. The van der Waals surface area contributed by atoms with Crippen molar-refractivity contribution in [3.8, 4) is 0 Å². The summed E-state index contributed by atoms with van der Waals surface area (Å²) in [6.07, 6.45) is 1.65. The minimum Gasteiger partial charge on any atom is -0.287 e. The maximum Gasteiger partial charge on any atom is 0.213 e. The average molecular weight is 484 g/mol. The zero-order chi connectivity index (χ0) is 13.3.